The van der Waals surface area contributed by atoms with Crippen LogP contribution >= 0.6 is 0 Å². The van der Waals surface area contributed by atoms with E-state index in [0.29, 0.717) is 10.9 Å². The van der Waals surface area contributed by atoms with Gasteiger partial charge in [0, 0.05) is 19.3 Å². The van der Waals surface area contributed by atoms with E-state index in [1.807, 2.05) is 0 Å². The van der Waals surface area contributed by atoms with E-state index in [1.165, 1.54) is 16.8 Å². The molecule has 2 heterocycles. The van der Waals surface area contributed by atoms with Crippen LogP contribution in [-0.4, -0.2) is 14.8 Å². The molecule has 2 aromatic rings. The topological polar surface area (TPSA) is 70.7 Å². The zero-order valence-corrected chi connectivity index (χ0v) is 6.42. The summed E-state index contributed by atoms with van der Waals surface area (Å²) in [5, 5.41) is 5.50. The van der Waals surface area contributed by atoms with Gasteiger partial charge in [-0.3, -0.25) is 19.8 Å². The Kier molecular flexibility index (Phi) is 1.21. The highest BCUT2D eigenvalue weighted by Gasteiger charge is 2.01. The van der Waals surface area contributed by atoms with Crippen molar-refractivity contribution in [1.29, 1.82) is 0 Å². The summed E-state index contributed by atoms with van der Waals surface area (Å²) in [7, 11) is 1.61. The van der Waals surface area contributed by atoms with Crippen LogP contribution in [0.2, 0.25) is 0 Å². The molecule has 2 rings (SSSR count). The van der Waals surface area contributed by atoms with E-state index < -0.39 is 0 Å². The fourth-order valence-corrected chi connectivity index (χ4v) is 1.11. The van der Waals surface area contributed by atoms with E-state index in [9.17, 15) is 9.59 Å². The van der Waals surface area contributed by atoms with Gasteiger partial charge in [-0.05, 0) is 0 Å². The SMILES string of the molecule is Cn1cc2c(=O)[nH][nH]c2cc1=O. The Morgan fingerprint density at radius 1 is 1.33 bits per heavy atom. The molecule has 0 atom stereocenters. The van der Waals surface area contributed by atoms with Crippen LogP contribution in [0.15, 0.2) is 21.9 Å². The number of aromatic amines is 2. The fraction of sp³-hybridized carbons (Fsp3) is 0.143. The van der Waals surface area contributed by atoms with Gasteiger partial charge in [-0.2, -0.15) is 0 Å². The third-order valence-corrected chi connectivity index (χ3v) is 1.78. The minimum Gasteiger partial charge on any atom is -0.318 e. The molecule has 12 heavy (non-hydrogen) atoms. The van der Waals surface area contributed by atoms with Crippen molar-refractivity contribution >= 4 is 10.9 Å². The van der Waals surface area contributed by atoms with Gasteiger partial charge >= 0.3 is 0 Å². The van der Waals surface area contributed by atoms with Crippen molar-refractivity contribution in [2.24, 2.45) is 7.05 Å². The summed E-state index contributed by atoms with van der Waals surface area (Å²) in [5.74, 6) is 0. The second-order valence-electron chi connectivity index (χ2n) is 2.63. The van der Waals surface area contributed by atoms with Crippen LogP contribution in [-0.2, 0) is 7.05 Å². The van der Waals surface area contributed by atoms with E-state index in [-0.39, 0.29) is 11.1 Å². The van der Waals surface area contributed by atoms with Crippen LogP contribution in [0.1, 0.15) is 0 Å². The molecule has 2 aromatic heterocycles. The van der Waals surface area contributed by atoms with Crippen molar-refractivity contribution < 1.29 is 0 Å². The van der Waals surface area contributed by atoms with E-state index in [1.54, 1.807) is 7.05 Å². The predicted molar refractivity (Wildman–Crippen MR) is 44.2 cm³/mol. The van der Waals surface area contributed by atoms with Gasteiger partial charge < -0.3 is 4.57 Å². The molecule has 0 fully saturated rings. The monoisotopic (exact) mass is 165 g/mol. The average Bonchev–Trinajstić information content (AvgIpc) is 2.35. The van der Waals surface area contributed by atoms with Crippen molar-refractivity contribution in [3.8, 4) is 0 Å². The Labute approximate surface area is 66.6 Å². The maximum absolute atomic E-state index is 11.1. The highest BCUT2D eigenvalue weighted by Crippen LogP contribution is 1.99. The van der Waals surface area contributed by atoms with Gasteiger partial charge in [0.15, 0.2) is 0 Å². The minimum atomic E-state index is -0.208. The Hall–Kier alpha value is -1.78. The van der Waals surface area contributed by atoms with Crippen LogP contribution in [0.4, 0.5) is 0 Å². The molecule has 0 aliphatic heterocycles. The largest absolute Gasteiger partial charge is 0.318 e. The molecule has 5 heteroatoms. The number of aryl methyl sites for hydroxylation is 1. The van der Waals surface area contributed by atoms with Crippen LogP contribution in [0.25, 0.3) is 10.9 Å². The highest BCUT2D eigenvalue weighted by molar-refractivity contribution is 5.76. The van der Waals surface area contributed by atoms with Gasteiger partial charge in [-0.25, -0.2) is 0 Å². The lowest BCUT2D eigenvalue weighted by Gasteiger charge is -1.93. The number of fused-ring (bicyclic) bond motifs is 1. The van der Waals surface area contributed by atoms with E-state index >= 15 is 0 Å². The Morgan fingerprint density at radius 2 is 2.08 bits per heavy atom. The van der Waals surface area contributed by atoms with E-state index in [2.05, 4.69) is 10.2 Å². The van der Waals surface area contributed by atoms with Crippen molar-refractivity contribution in [1.82, 2.24) is 14.8 Å². The van der Waals surface area contributed by atoms with Gasteiger partial charge in [-0.1, -0.05) is 0 Å². The molecule has 0 unspecified atom stereocenters. The highest BCUT2D eigenvalue weighted by atomic mass is 16.1. The lowest BCUT2D eigenvalue weighted by Crippen LogP contribution is -2.14. The van der Waals surface area contributed by atoms with Gasteiger partial charge in [0.25, 0.3) is 11.1 Å². The van der Waals surface area contributed by atoms with Gasteiger partial charge in [0.2, 0.25) is 0 Å². The van der Waals surface area contributed by atoms with Crippen LogP contribution < -0.4 is 11.1 Å². The number of hydrogen-bond donors (Lipinski definition) is 2. The summed E-state index contributed by atoms with van der Waals surface area (Å²) in [6.45, 7) is 0. The lowest BCUT2D eigenvalue weighted by molar-refractivity contribution is 0.870. The zero-order valence-electron chi connectivity index (χ0n) is 6.42. The van der Waals surface area contributed by atoms with Crippen molar-refractivity contribution in [3.63, 3.8) is 0 Å². The first-order chi connectivity index (χ1) is 5.68. The molecule has 62 valence electrons. The molecule has 2 N–H and O–H groups in total. The number of nitrogens with one attached hydrogen (secondary N) is 2. The smallest absolute Gasteiger partial charge is 0.273 e. The zero-order chi connectivity index (χ0) is 8.72. The lowest BCUT2D eigenvalue weighted by atomic mass is 10.3. The molecule has 5 nitrogen and oxygen atoms in total. The molecule has 0 bridgehead atoms. The summed E-state index contributed by atoms with van der Waals surface area (Å²) in [6.07, 6.45) is 1.51. The molecule has 0 saturated carbocycles. The molecule has 0 saturated heterocycles. The maximum atomic E-state index is 11.1. The van der Waals surface area contributed by atoms with Crippen LogP contribution in [0.5, 0.6) is 0 Å². The first kappa shape index (κ1) is 6.90. The van der Waals surface area contributed by atoms with Crippen LogP contribution in [0.3, 0.4) is 0 Å². The Morgan fingerprint density at radius 3 is 2.83 bits per heavy atom. The molecule has 0 spiro atoms. The quantitative estimate of drug-likeness (QED) is 0.555. The summed E-state index contributed by atoms with van der Waals surface area (Å²) in [4.78, 5) is 22.1. The van der Waals surface area contributed by atoms with Crippen molar-refractivity contribution in [2.45, 2.75) is 0 Å². The third kappa shape index (κ3) is 0.795. The number of H-pyrrole nitrogens is 2. The fourth-order valence-electron chi connectivity index (χ4n) is 1.11. The normalized spacial score (nSPS) is 10.8. The predicted octanol–water partition coefficient (Wildman–Crippen LogP) is -0.445. The summed E-state index contributed by atoms with van der Waals surface area (Å²) >= 11 is 0. The summed E-state index contributed by atoms with van der Waals surface area (Å²) in [5.41, 5.74) is 0.196. The summed E-state index contributed by atoms with van der Waals surface area (Å²) in [6, 6.07) is 1.38. The van der Waals surface area contributed by atoms with Crippen molar-refractivity contribution in [2.75, 3.05) is 0 Å². The minimum absolute atomic E-state index is 0.141. The Bertz CT molecular complexity index is 531. The summed E-state index contributed by atoms with van der Waals surface area (Å²) < 4.78 is 1.37. The Balaban J connectivity index is 3.07. The molecule has 0 aliphatic carbocycles. The molecule has 0 amide bonds. The molecular weight excluding hydrogens is 158 g/mol. The van der Waals surface area contributed by atoms with E-state index in [0.717, 1.165) is 0 Å². The first-order valence-electron chi connectivity index (χ1n) is 3.45. The number of pyridine rings is 1. The van der Waals surface area contributed by atoms with E-state index in [4.69, 9.17) is 0 Å². The third-order valence-electron chi connectivity index (χ3n) is 1.78. The number of hydrogen-bond acceptors (Lipinski definition) is 2. The average molecular weight is 165 g/mol. The molecular formula is C7H7N3O2. The standard InChI is InChI=1S/C7H7N3O2/c1-10-3-4-5(2-6(10)11)8-9-7(4)12/h2-3,8H,1H3,(H,9,12). The maximum Gasteiger partial charge on any atom is 0.273 e. The number of aromatic nitrogens is 3. The molecule has 0 aromatic carbocycles. The van der Waals surface area contributed by atoms with Gasteiger partial charge in [0.05, 0.1) is 10.9 Å². The molecule has 0 aliphatic rings. The molecule has 0 radical (unpaired) electrons. The number of rotatable bonds is 0. The first-order valence-corrected chi connectivity index (χ1v) is 3.45. The second kappa shape index (κ2) is 2.10. The van der Waals surface area contributed by atoms with Crippen molar-refractivity contribution in [3.05, 3.63) is 33.0 Å². The number of nitrogens with zero attached hydrogens (tertiary/aromatic N) is 1. The van der Waals surface area contributed by atoms with Gasteiger partial charge in [-0.15, -0.1) is 0 Å². The van der Waals surface area contributed by atoms with Gasteiger partial charge in [0.1, 0.15) is 0 Å². The van der Waals surface area contributed by atoms with Crippen LogP contribution in [0, 0.1) is 0 Å². The second-order valence-corrected chi connectivity index (χ2v) is 2.63.